The van der Waals surface area contributed by atoms with Crippen molar-refractivity contribution in [2.75, 3.05) is 0 Å². The highest BCUT2D eigenvalue weighted by Gasteiger charge is 2.36. The third-order valence-electron chi connectivity index (χ3n) is 4.66. The van der Waals surface area contributed by atoms with Crippen LogP contribution in [0.1, 0.15) is 65.0 Å². The van der Waals surface area contributed by atoms with Crippen LogP contribution in [-0.4, -0.2) is 31.4 Å². The quantitative estimate of drug-likeness (QED) is 0.755. The van der Waals surface area contributed by atoms with Crippen LogP contribution in [0.4, 0.5) is 18.0 Å². The Bertz CT molecular complexity index is 1030. The van der Waals surface area contributed by atoms with Gasteiger partial charge in [-0.1, -0.05) is 0 Å². The molecule has 10 heteroatoms. The van der Waals surface area contributed by atoms with Gasteiger partial charge in [0.1, 0.15) is 11.4 Å². The standard InChI is InChI=1S/C21H27F3N4O3/c1-19(2,3)31-18(30)26-20(4,5)11-16-25-15(21(22,23)24)12-28(16)14-8-9-27(13-6-7-13)17(29)10-14/h8-10,12-13H,6-7,11H2,1-5H3,(H,26,30). The Hall–Kier alpha value is -2.78. The summed E-state index contributed by atoms with van der Waals surface area (Å²) in [7, 11) is 0. The van der Waals surface area contributed by atoms with Gasteiger partial charge in [-0.2, -0.15) is 13.2 Å². The van der Waals surface area contributed by atoms with Gasteiger partial charge in [0, 0.05) is 36.5 Å². The number of carbonyl (C=O) groups excluding carboxylic acids is 1. The molecule has 1 aliphatic carbocycles. The number of amides is 1. The van der Waals surface area contributed by atoms with Crippen LogP contribution >= 0.6 is 0 Å². The Balaban J connectivity index is 1.92. The highest BCUT2D eigenvalue weighted by molar-refractivity contribution is 5.68. The molecule has 0 bridgehead atoms. The minimum Gasteiger partial charge on any atom is -0.444 e. The number of nitrogens with zero attached hydrogens (tertiary/aromatic N) is 3. The lowest BCUT2D eigenvalue weighted by Gasteiger charge is -2.28. The van der Waals surface area contributed by atoms with E-state index in [1.54, 1.807) is 51.4 Å². The number of nitrogens with one attached hydrogen (secondary N) is 1. The van der Waals surface area contributed by atoms with Gasteiger partial charge in [-0.05, 0) is 53.5 Å². The zero-order chi connectivity index (χ0) is 23.2. The number of carbonyl (C=O) groups is 1. The van der Waals surface area contributed by atoms with Crippen molar-refractivity contribution in [2.45, 2.75) is 77.2 Å². The number of hydrogen-bond acceptors (Lipinski definition) is 4. The average molecular weight is 440 g/mol. The highest BCUT2D eigenvalue weighted by atomic mass is 19.4. The van der Waals surface area contributed by atoms with E-state index in [-0.39, 0.29) is 29.5 Å². The molecule has 1 fully saturated rings. The maximum Gasteiger partial charge on any atom is 0.434 e. The van der Waals surface area contributed by atoms with Gasteiger partial charge in [-0.3, -0.25) is 4.79 Å². The Morgan fingerprint density at radius 2 is 1.87 bits per heavy atom. The minimum absolute atomic E-state index is 0.0198. The van der Waals surface area contributed by atoms with E-state index in [1.165, 1.54) is 10.6 Å². The lowest BCUT2D eigenvalue weighted by molar-refractivity contribution is -0.141. The van der Waals surface area contributed by atoms with Crippen molar-refractivity contribution in [1.82, 2.24) is 19.4 Å². The Morgan fingerprint density at radius 3 is 2.39 bits per heavy atom. The Morgan fingerprint density at radius 1 is 1.23 bits per heavy atom. The van der Waals surface area contributed by atoms with E-state index in [9.17, 15) is 22.8 Å². The second-order valence-corrected chi connectivity index (χ2v) is 9.46. The first-order valence-electron chi connectivity index (χ1n) is 10.0. The van der Waals surface area contributed by atoms with E-state index in [0.29, 0.717) is 0 Å². The van der Waals surface area contributed by atoms with Crippen LogP contribution in [0.15, 0.2) is 29.3 Å². The molecule has 1 saturated carbocycles. The lowest BCUT2D eigenvalue weighted by Crippen LogP contribution is -2.47. The third kappa shape index (κ3) is 5.89. The van der Waals surface area contributed by atoms with Gasteiger partial charge < -0.3 is 19.2 Å². The molecule has 0 atom stereocenters. The second kappa shape index (κ2) is 7.72. The molecular weight excluding hydrogens is 413 g/mol. The van der Waals surface area contributed by atoms with Gasteiger partial charge in [0.25, 0.3) is 5.56 Å². The largest absolute Gasteiger partial charge is 0.444 e. The van der Waals surface area contributed by atoms with Crippen molar-refractivity contribution >= 4 is 6.09 Å². The summed E-state index contributed by atoms with van der Waals surface area (Å²) in [6.07, 6.45) is -1.05. The van der Waals surface area contributed by atoms with Crippen LogP contribution in [0.25, 0.3) is 5.69 Å². The number of aromatic nitrogens is 3. The summed E-state index contributed by atoms with van der Waals surface area (Å²) in [6.45, 7) is 8.46. The summed E-state index contributed by atoms with van der Waals surface area (Å²) in [5, 5.41) is 2.67. The minimum atomic E-state index is -4.65. The van der Waals surface area contributed by atoms with Crippen LogP contribution in [-0.2, 0) is 17.3 Å². The number of halogens is 3. The monoisotopic (exact) mass is 440 g/mol. The predicted molar refractivity (Wildman–Crippen MR) is 108 cm³/mol. The van der Waals surface area contributed by atoms with Gasteiger partial charge in [-0.25, -0.2) is 9.78 Å². The second-order valence-electron chi connectivity index (χ2n) is 9.46. The molecule has 170 valence electrons. The molecule has 0 aliphatic heterocycles. The number of pyridine rings is 1. The molecule has 1 aliphatic rings. The fourth-order valence-corrected chi connectivity index (χ4v) is 3.21. The number of alkyl carbamates (subject to hydrolysis) is 1. The van der Waals surface area contributed by atoms with Gasteiger partial charge >= 0.3 is 12.3 Å². The molecule has 0 unspecified atom stereocenters. The highest BCUT2D eigenvalue weighted by Crippen LogP contribution is 2.34. The molecule has 0 spiro atoms. The molecule has 0 saturated heterocycles. The molecule has 3 rings (SSSR count). The first-order valence-corrected chi connectivity index (χ1v) is 10.0. The maximum atomic E-state index is 13.4. The van der Waals surface area contributed by atoms with Crippen LogP contribution in [0, 0.1) is 0 Å². The zero-order valence-electron chi connectivity index (χ0n) is 18.2. The molecule has 2 aromatic rings. The van der Waals surface area contributed by atoms with Crippen LogP contribution in [0.2, 0.25) is 0 Å². The fraction of sp³-hybridized carbons (Fsp3) is 0.571. The first-order chi connectivity index (χ1) is 14.1. The fourth-order valence-electron chi connectivity index (χ4n) is 3.21. The molecular formula is C21H27F3N4O3. The van der Waals surface area contributed by atoms with Crippen LogP contribution in [0.3, 0.4) is 0 Å². The number of hydrogen-bond donors (Lipinski definition) is 1. The molecule has 7 nitrogen and oxygen atoms in total. The number of ether oxygens (including phenoxy) is 1. The summed E-state index contributed by atoms with van der Waals surface area (Å²) in [5.74, 6) is 0.0666. The van der Waals surface area contributed by atoms with Crippen LogP contribution in [0.5, 0.6) is 0 Å². The summed E-state index contributed by atoms with van der Waals surface area (Å²) in [4.78, 5) is 28.3. The first kappa shape index (κ1) is 22.9. The SMILES string of the molecule is CC(C)(Cc1nc(C(F)(F)F)cn1-c1ccn(C2CC2)c(=O)c1)NC(=O)OC(C)(C)C. The molecule has 0 aromatic carbocycles. The van der Waals surface area contributed by atoms with Gasteiger partial charge in [0.2, 0.25) is 0 Å². The Kier molecular flexibility index (Phi) is 5.70. The van der Waals surface area contributed by atoms with E-state index < -0.39 is 29.1 Å². The van der Waals surface area contributed by atoms with Gasteiger partial charge in [0.05, 0.1) is 5.69 Å². The van der Waals surface area contributed by atoms with Crippen molar-refractivity contribution in [3.05, 3.63) is 46.4 Å². The van der Waals surface area contributed by atoms with E-state index >= 15 is 0 Å². The summed E-state index contributed by atoms with van der Waals surface area (Å²) >= 11 is 0. The van der Waals surface area contributed by atoms with E-state index in [2.05, 4.69) is 10.3 Å². The zero-order valence-corrected chi connectivity index (χ0v) is 18.2. The lowest BCUT2D eigenvalue weighted by atomic mass is 10.0. The topological polar surface area (TPSA) is 78.2 Å². The van der Waals surface area contributed by atoms with E-state index in [1.807, 2.05) is 0 Å². The smallest absolute Gasteiger partial charge is 0.434 e. The predicted octanol–water partition coefficient (Wildman–Crippen LogP) is 4.23. The molecule has 1 N–H and O–H groups in total. The average Bonchev–Trinajstić information content (AvgIpc) is 3.31. The molecule has 0 radical (unpaired) electrons. The van der Waals surface area contributed by atoms with Crippen molar-refractivity contribution in [1.29, 1.82) is 0 Å². The van der Waals surface area contributed by atoms with Crippen molar-refractivity contribution in [2.24, 2.45) is 0 Å². The summed E-state index contributed by atoms with van der Waals surface area (Å²) in [6, 6.07) is 3.06. The van der Waals surface area contributed by atoms with Crippen molar-refractivity contribution < 1.29 is 22.7 Å². The number of alkyl halides is 3. The molecule has 31 heavy (non-hydrogen) atoms. The van der Waals surface area contributed by atoms with Crippen LogP contribution < -0.4 is 10.9 Å². The third-order valence-corrected chi connectivity index (χ3v) is 4.66. The van der Waals surface area contributed by atoms with Gasteiger partial charge in [-0.15, -0.1) is 0 Å². The van der Waals surface area contributed by atoms with E-state index in [4.69, 9.17) is 4.74 Å². The van der Waals surface area contributed by atoms with Crippen molar-refractivity contribution in [3.63, 3.8) is 0 Å². The van der Waals surface area contributed by atoms with E-state index in [0.717, 1.165) is 19.0 Å². The molecule has 1 amide bonds. The normalized spacial score (nSPS) is 15.1. The summed E-state index contributed by atoms with van der Waals surface area (Å²) < 4.78 is 48.1. The number of imidazole rings is 1. The molecule has 2 aromatic heterocycles. The number of rotatable bonds is 5. The van der Waals surface area contributed by atoms with Crippen molar-refractivity contribution in [3.8, 4) is 5.69 Å². The maximum absolute atomic E-state index is 13.4. The Labute approximate surface area is 178 Å². The summed E-state index contributed by atoms with van der Waals surface area (Å²) in [5.41, 5.74) is -2.74. The van der Waals surface area contributed by atoms with Gasteiger partial charge in [0.15, 0.2) is 5.69 Å². The molecule has 2 heterocycles.